The number of hydrogen-bond acceptors (Lipinski definition) is 1. The van der Waals surface area contributed by atoms with E-state index >= 15 is 0 Å². The molecule has 1 nitrogen and oxygen atoms in total. The molecule has 0 radical (unpaired) electrons. The summed E-state index contributed by atoms with van der Waals surface area (Å²) < 4.78 is 14.0. The van der Waals surface area contributed by atoms with Crippen LogP contribution in [-0.2, 0) is 6.42 Å². The first-order valence-electron chi connectivity index (χ1n) is 5.95. The second-order valence-electron chi connectivity index (χ2n) is 4.16. The van der Waals surface area contributed by atoms with Crippen molar-refractivity contribution in [3.8, 4) is 0 Å². The minimum Gasteiger partial charge on any atom is -0.313 e. The first-order valence-corrected chi connectivity index (χ1v) is 6.74. The van der Waals surface area contributed by atoms with E-state index in [9.17, 15) is 4.39 Å². The van der Waals surface area contributed by atoms with Crippen molar-refractivity contribution in [3.05, 3.63) is 46.7 Å². The minimum atomic E-state index is -0.192. The molecule has 17 heavy (non-hydrogen) atoms. The van der Waals surface area contributed by atoms with E-state index in [2.05, 4.69) is 34.7 Å². The van der Waals surface area contributed by atoms with Gasteiger partial charge >= 0.3 is 0 Å². The molecule has 0 heterocycles. The maximum Gasteiger partial charge on any atom is 0.124 e. The van der Waals surface area contributed by atoms with Gasteiger partial charge in [0.05, 0.1) is 0 Å². The molecule has 1 N–H and O–H groups in total. The number of halogens is 2. The third-order valence-corrected chi connectivity index (χ3v) is 3.00. The van der Waals surface area contributed by atoms with Crippen LogP contribution < -0.4 is 5.32 Å². The molecule has 0 aromatic heterocycles. The Balaban J connectivity index is 2.67. The lowest BCUT2D eigenvalue weighted by molar-refractivity contribution is 0.510. The van der Waals surface area contributed by atoms with Crippen molar-refractivity contribution in [2.75, 3.05) is 6.54 Å². The Morgan fingerprint density at radius 3 is 2.82 bits per heavy atom. The van der Waals surface area contributed by atoms with Crippen LogP contribution in [-0.4, -0.2) is 12.6 Å². The van der Waals surface area contributed by atoms with Crippen LogP contribution in [0.25, 0.3) is 0 Å². The third-order valence-electron chi connectivity index (χ3n) is 2.54. The van der Waals surface area contributed by atoms with Crippen LogP contribution in [0.1, 0.15) is 25.3 Å². The van der Waals surface area contributed by atoms with Gasteiger partial charge in [-0.1, -0.05) is 28.9 Å². The summed E-state index contributed by atoms with van der Waals surface area (Å²) in [6.07, 6.45) is 4.72. The van der Waals surface area contributed by atoms with Gasteiger partial charge in [-0.25, -0.2) is 4.39 Å². The summed E-state index contributed by atoms with van der Waals surface area (Å²) in [4.78, 5) is 0. The fraction of sp³-hybridized carbons (Fsp3) is 0.429. The first-order chi connectivity index (χ1) is 8.15. The van der Waals surface area contributed by atoms with E-state index in [1.54, 1.807) is 6.07 Å². The maximum absolute atomic E-state index is 13.2. The Kier molecular flexibility index (Phi) is 6.45. The molecule has 1 rings (SSSR count). The molecule has 0 bridgehead atoms. The molecule has 0 amide bonds. The zero-order chi connectivity index (χ0) is 12.7. The van der Waals surface area contributed by atoms with E-state index in [4.69, 9.17) is 0 Å². The van der Waals surface area contributed by atoms with Crippen molar-refractivity contribution in [1.82, 2.24) is 5.32 Å². The molecular formula is C14H19BrFN. The summed E-state index contributed by atoms with van der Waals surface area (Å²) in [6, 6.07) is 5.37. The van der Waals surface area contributed by atoms with Crippen molar-refractivity contribution in [1.29, 1.82) is 0 Å². The first kappa shape index (κ1) is 14.4. The quantitative estimate of drug-likeness (QED) is 0.748. The molecule has 1 aromatic rings. The van der Waals surface area contributed by atoms with Crippen LogP contribution in [0.2, 0.25) is 0 Å². The topological polar surface area (TPSA) is 12.0 Å². The van der Waals surface area contributed by atoms with Crippen LogP contribution >= 0.6 is 15.9 Å². The van der Waals surface area contributed by atoms with E-state index in [0.29, 0.717) is 6.04 Å². The van der Waals surface area contributed by atoms with Gasteiger partial charge in [0.1, 0.15) is 5.82 Å². The molecule has 0 aliphatic heterocycles. The van der Waals surface area contributed by atoms with Crippen molar-refractivity contribution in [2.24, 2.45) is 0 Å². The highest BCUT2D eigenvalue weighted by Crippen LogP contribution is 2.17. The molecule has 1 aromatic carbocycles. The van der Waals surface area contributed by atoms with Gasteiger partial charge in [0.15, 0.2) is 0 Å². The van der Waals surface area contributed by atoms with Gasteiger partial charge in [-0.05, 0) is 49.6 Å². The van der Waals surface area contributed by atoms with Crippen LogP contribution in [0.15, 0.2) is 35.3 Å². The third kappa shape index (κ3) is 5.46. The highest BCUT2D eigenvalue weighted by Gasteiger charge is 2.08. The highest BCUT2D eigenvalue weighted by atomic mass is 79.9. The van der Waals surface area contributed by atoms with Gasteiger partial charge in [-0.15, -0.1) is 6.58 Å². The predicted molar refractivity (Wildman–Crippen MR) is 74.7 cm³/mol. The van der Waals surface area contributed by atoms with Gasteiger partial charge in [0.2, 0.25) is 0 Å². The molecule has 0 saturated carbocycles. The lowest BCUT2D eigenvalue weighted by Gasteiger charge is -2.17. The molecule has 3 heteroatoms. The Bertz CT molecular complexity index is 345. The highest BCUT2D eigenvalue weighted by molar-refractivity contribution is 9.10. The minimum absolute atomic E-state index is 0.192. The van der Waals surface area contributed by atoms with Crippen LogP contribution in [0.4, 0.5) is 4.39 Å². The van der Waals surface area contributed by atoms with E-state index in [-0.39, 0.29) is 5.82 Å². The molecule has 0 spiro atoms. The van der Waals surface area contributed by atoms with E-state index in [0.717, 1.165) is 35.8 Å². The van der Waals surface area contributed by atoms with Gasteiger partial charge < -0.3 is 5.32 Å². The van der Waals surface area contributed by atoms with Gasteiger partial charge in [0.25, 0.3) is 0 Å². The fourth-order valence-corrected chi connectivity index (χ4v) is 2.31. The number of rotatable bonds is 7. The molecular weight excluding hydrogens is 281 g/mol. The molecule has 0 aliphatic carbocycles. The number of benzene rings is 1. The normalized spacial score (nSPS) is 12.4. The van der Waals surface area contributed by atoms with Crippen LogP contribution in [0, 0.1) is 5.82 Å². The Morgan fingerprint density at radius 1 is 1.47 bits per heavy atom. The van der Waals surface area contributed by atoms with E-state index in [1.807, 2.05) is 12.1 Å². The lowest BCUT2D eigenvalue weighted by atomic mass is 10.0. The monoisotopic (exact) mass is 299 g/mol. The van der Waals surface area contributed by atoms with Crippen LogP contribution in [0.3, 0.4) is 0 Å². The zero-order valence-corrected chi connectivity index (χ0v) is 11.8. The molecule has 0 aliphatic rings. The van der Waals surface area contributed by atoms with Gasteiger partial charge in [-0.2, -0.15) is 0 Å². The van der Waals surface area contributed by atoms with E-state index in [1.165, 1.54) is 6.07 Å². The summed E-state index contributed by atoms with van der Waals surface area (Å²) in [5.74, 6) is -0.192. The van der Waals surface area contributed by atoms with Crippen LogP contribution in [0.5, 0.6) is 0 Å². The number of hydrogen-bond donors (Lipinski definition) is 1. The Morgan fingerprint density at radius 2 is 2.24 bits per heavy atom. The summed E-state index contributed by atoms with van der Waals surface area (Å²) >= 11 is 3.31. The predicted octanol–water partition coefficient (Wildman–Crippen LogP) is 4.08. The summed E-state index contributed by atoms with van der Waals surface area (Å²) in [7, 11) is 0. The van der Waals surface area contributed by atoms with Crippen molar-refractivity contribution in [2.45, 2.75) is 32.2 Å². The SMILES string of the molecule is C=CCC(Cc1cc(F)cc(Br)c1)NCCC. The average Bonchev–Trinajstić information content (AvgIpc) is 2.24. The molecule has 1 unspecified atom stereocenters. The second-order valence-corrected chi connectivity index (χ2v) is 5.07. The lowest BCUT2D eigenvalue weighted by Crippen LogP contribution is -2.31. The second kappa shape index (κ2) is 7.62. The summed E-state index contributed by atoms with van der Waals surface area (Å²) in [5.41, 5.74) is 1.01. The smallest absolute Gasteiger partial charge is 0.124 e. The average molecular weight is 300 g/mol. The van der Waals surface area contributed by atoms with Crippen molar-refractivity contribution < 1.29 is 4.39 Å². The molecule has 1 atom stereocenters. The summed E-state index contributed by atoms with van der Waals surface area (Å²) in [6.45, 7) is 6.88. The largest absolute Gasteiger partial charge is 0.313 e. The van der Waals surface area contributed by atoms with Crippen molar-refractivity contribution in [3.63, 3.8) is 0 Å². The number of nitrogens with one attached hydrogen (secondary N) is 1. The van der Waals surface area contributed by atoms with Crippen molar-refractivity contribution >= 4 is 15.9 Å². The van der Waals surface area contributed by atoms with Gasteiger partial charge in [-0.3, -0.25) is 0 Å². The standard InChI is InChI=1S/C14H19BrFN/c1-3-5-14(17-6-4-2)9-11-7-12(15)10-13(16)8-11/h3,7-8,10,14,17H,1,4-6,9H2,2H3. The Labute approximate surface area is 111 Å². The zero-order valence-electron chi connectivity index (χ0n) is 10.2. The maximum atomic E-state index is 13.2. The summed E-state index contributed by atoms with van der Waals surface area (Å²) in [5, 5.41) is 3.45. The molecule has 0 fully saturated rings. The van der Waals surface area contributed by atoms with Gasteiger partial charge in [0, 0.05) is 10.5 Å². The van der Waals surface area contributed by atoms with E-state index < -0.39 is 0 Å². The fourth-order valence-electron chi connectivity index (χ4n) is 1.80. The molecule has 94 valence electrons. The Hall–Kier alpha value is -0.670. The molecule has 0 saturated heterocycles.